The van der Waals surface area contributed by atoms with E-state index in [4.69, 9.17) is 0 Å². The van der Waals surface area contributed by atoms with E-state index in [0.717, 1.165) is 31.6 Å². The average Bonchev–Trinajstić information content (AvgIpc) is 3.23. The zero-order valence-electron chi connectivity index (χ0n) is 22.8. The monoisotopic (exact) mass is 484 g/mol. The van der Waals surface area contributed by atoms with Crippen molar-refractivity contribution in [3.05, 3.63) is 35.9 Å². The summed E-state index contributed by atoms with van der Waals surface area (Å²) in [5.41, 5.74) is 1.07. The summed E-state index contributed by atoms with van der Waals surface area (Å²) in [4.78, 5) is 33.6. The van der Waals surface area contributed by atoms with Gasteiger partial charge in [-0.3, -0.25) is 14.5 Å². The van der Waals surface area contributed by atoms with Crippen molar-refractivity contribution in [1.29, 1.82) is 0 Å². The Bertz CT molecular complexity index is 801. The molecular weight excluding hydrogens is 436 g/mol. The molecular formula is C29H48N4O2. The van der Waals surface area contributed by atoms with Crippen LogP contribution in [-0.4, -0.2) is 78.9 Å². The molecule has 0 radical (unpaired) electrons. The van der Waals surface area contributed by atoms with E-state index in [0.29, 0.717) is 25.4 Å². The lowest BCUT2D eigenvalue weighted by molar-refractivity contribution is -0.137. The highest BCUT2D eigenvalue weighted by atomic mass is 16.2. The second kappa shape index (κ2) is 12.9. The smallest absolute Gasteiger partial charge is 0.239 e. The van der Waals surface area contributed by atoms with Crippen LogP contribution in [0.2, 0.25) is 0 Å². The van der Waals surface area contributed by atoms with Crippen LogP contribution in [0.4, 0.5) is 0 Å². The summed E-state index contributed by atoms with van der Waals surface area (Å²) >= 11 is 0. The first-order valence-electron chi connectivity index (χ1n) is 13.6. The van der Waals surface area contributed by atoms with Crippen LogP contribution in [0.1, 0.15) is 71.3 Å². The minimum atomic E-state index is -0.149. The summed E-state index contributed by atoms with van der Waals surface area (Å²) in [6.45, 7) is 10.2. The van der Waals surface area contributed by atoms with Crippen LogP contribution >= 0.6 is 0 Å². The zero-order valence-corrected chi connectivity index (χ0v) is 22.8. The maximum Gasteiger partial charge on any atom is 0.239 e. The highest BCUT2D eigenvalue weighted by Gasteiger charge is 2.42. The van der Waals surface area contributed by atoms with Gasteiger partial charge in [-0.2, -0.15) is 0 Å². The maximum atomic E-state index is 13.6. The van der Waals surface area contributed by atoms with Gasteiger partial charge in [-0.15, -0.1) is 0 Å². The van der Waals surface area contributed by atoms with Gasteiger partial charge in [0.2, 0.25) is 11.8 Å². The van der Waals surface area contributed by atoms with E-state index in [9.17, 15) is 9.59 Å². The minimum Gasteiger partial charge on any atom is -0.343 e. The molecule has 1 aliphatic carbocycles. The van der Waals surface area contributed by atoms with Crippen LogP contribution < -0.4 is 5.32 Å². The fraction of sp³-hybridized carbons (Fsp3) is 0.724. The van der Waals surface area contributed by atoms with Crippen LogP contribution in [0.3, 0.4) is 0 Å². The molecule has 1 aromatic carbocycles. The van der Waals surface area contributed by atoms with Crippen molar-refractivity contribution in [2.75, 3.05) is 40.3 Å². The maximum absolute atomic E-state index is 13.6. The number of hydrogen-bond donors (Lipinski definition) is 1. The van der Waals surface area contributed by atoms with Gasteiger partial charge in [0.25, 0.3) is 0 Å². The molecule has 1 N–H and O–H groups in total. The SMILES string of the molecule is CNCCN(C)C(=O)C1C[C@H](N(Cc2ccccc2)C(=O)CC(C)(C)C)CN1CC1CCCCC1. The van der Waals surface area contributed by atoms with Gasteiger partial charge in [0.15, 0.2) is 0 Å². The van der Waals surface area contributed by atoms with E-state index in [2.05, 4.69) is 48.0 Å². The lowest BCUT2D eigenvalue weighted by Gasteiger charge is -2.33. The Morgan fingerprint density at radius 1 is 1.09 bits per heavy atom. The number of nitrogens with one attached hydrogen (secondary N) is 1. The fourth-order valence-corrected chi connectivity index (χ4v) is 5.67. The standard InChI is InChI=1S/C29H48N4O2/c1-29(2,3)19-27(34)33(21-24-14-10-7-11-15-24)25-18-26(28(35)31(5)17-16-30-4)32(22-25)20-23-12-8-6-9-13-23/h7,10-11,14-15,23,25-26,30H,6,8-9,12-13,16-22H2,1-5H3/t25-,26?/m0/s1. The van der Waals surface area contributed by atoms with E-state index in [1.54, 1.807) is 0 Å². The van der Waals surface area contributed by atoms with Gasteiger partial charge < -0.3 is 15.1 Å². The van der Waals surface area contributed by atoms with Gasteiger partial charge in [0.05, 0.1) is 6.04 Å². The Kier molecular flexibility index (Phi) is 10.2. The van der Waals surface area contributed by atoms with E-state index >= 15 is 0 Å². The molecule has 2 aliphatic rings. The third kappa shape index (κ3) is 8.32. The Morgan fingerprint density at radius 2 is 1.77 bits per heavy atom. The number of hydrogen-bond acceptors (Lipinski definition) is 4. The predicted molar refractivity (Wildman–Crippen MR) is 143 cm³/mol. The van der Waals surface area contributed by atoms with E-state index < -0.39 is 0 Å². The highest BCUT2D eigenvalue weighted by Crippen LogP contribution is 2.32. The molecule has 1 aliphatic heterocycles. The number of rotatable bonds is 10. The third-order valence-corrected chi connectivity index (χ3v) is 7.60. The number of likely N-dealkylation sites (tertiary alicyclic amines) is 1. The molecule has 2 atom stereocenters. The molecule has 1 saturated carbocycles. The van der Waals surface area contributed by atoms with Crippen molar-refractivity contribution in [3.63, 3.8) is 0 Å². The van der Waals surface area contributed by atoms with Gasteiger partial charge in [-0.05, 0) is 43.2 Å². The molecule has 6 nitrogen and oxygen atoms in total. The average molecular weight is 485 g/mol. The third-order valence-electron chi connectivity index (χ3n) is 7.60. The number of nitrogens with zero attached hydrogens (tertiary/aromatic N) is 3. The van der Waals surface area contributed by atoms with Crippen molar-refractivity contribution in [2.45, 2.75) is 84.3 Å². The van der Waals surface area contributed by atoms with Gasteiger partial charge in [0.1, 0.15) is 0 Å². The largest absolute Gasteiger partial charge is 0.343 e. The zero-order chi connectivity index (χ0) is 25.4. The molecule has 35 heavy (non-hydrogen) atoms. The van der Waals surface area contributed by atoms with Crippen molar-refractivity contribution >= 4 is 11.8 Å². The van der Waals surface area contributed by atoms with Gasteiger partial charge in [0, 0.05) is 52.2 Å². The normalized spacial score (nSPS) is 21.7. The van der Waals surface area contributed by atoms with Crippen LogP contribution in [0.5, 0.6) is 0 Å². The molecule has 6 heteroatoms. The molecule has 0 spiro atoms. The molecule has 1 saturated heterocycles. The molecule has 2 fully saturated rings. The van der Waals surface area contributed by atoms with Crippen LogP contribution in [0.15, 0.2) is 30.3 Å². The lowest BCUT2D eigenvalue weighted by atomic mass is 9.89. The molecule has 0 aromatic heterocycles. The Labute approximate surface area is 213 Å². The molecule has 1 heterocycles. The minimum absolute atomic E-state index is 0.0558. The second-order valence-corrected chi connectivity index (χ2v) is 12.0. The fourth-order valence-electron chi connectivity index (χ4n) is 5.67. The molecule has 196 valence electrons. The molecule has 3 rings (SSSR count). The molecule has 1 unspecified atom stereocenters. The Hall–Kier alpha value is -1.92. The van der Waals surface area contributed by atoms with Crippen LogP contribution in [0.25, 0.3) is 0 Å². The quantitative estimate of drug-likeness (QED) is 0.542. The number of amides is 2. The topological polar surface area (TPSA) is 55.9 Å². The first-order chi connectivity index (χ1) is 16.7. The lowest BCUT2D eigenvalue weighted by Crippen LogP contribution is -2.47. The predicted octanol–water partition coefficient (Wildman–Crippen LogP) is 4.15. The van der Waals surface area contributed by atoms with Gasteiger partial charge >= 0.3 is 0 Å². The summed E-state index contributed by atoms with van der Waals surface area (Å²) in [5, 5.41) is 3.15. The number of likely N-dealkylation sites (N-methyl/N-ethyl adjacent to an activating group) is 2. The molecule has 2 amide bonds. The highest BCUT2D eigenvalue weighted by molar-refractivity contribution is 5.83. The Morgan fingerprint density at radius 3 is 2.40 bits per heavy atom. The Balaban J connectivity index is 1.82. The summed E-state index contributed by atoms with van der Waals surface area (Å²) in [5.74, 6) is 1.05. The number of carbonyl (C=O) groups excluding carboxylic acids is 2. The van der Waals surface area contributed by atoms with Crippen LogP contribution in [0, 0.1) is 11.3 Å². The van der Waals surface area contributed by atoms with Crippen molar-refractivity contribution in [2.24, 2.45) is 11.3 Å². The molecule has 0 bridgehead atoms. The van der Waals surface area contributed by atoms with E-state index in [1.165, 1.54) is 32.1 Å². The van der Waals surface area contributed by atoms with E-state index in [-0.39, 0.29) is 29.3 Å². The first kappa shape index (κ1) is 27.7. The molecule has 1 aromatic rings. The van der Waals surface area contributed by atoms with Crippen LogP contribution in [-0.2, 0) is 16.1 Å². The first-order valence-corrected chi connectivity index (χ1v) is 13.6. The number of benzene rings is 1. The van der Waals surface area contributed by atoms with Crippen molar-refractivity contribution in [1.82, 2.24) is 20.0 Å². The number of carbonyl (C=O) groups is 2. The van der Waals surface area contributed by atoms with Crippen molar-refractivity contribution in [3.8, 4) is 0 Å². The van der Waals surface area contributed by atoms with E-state index in [1.807, 2.05) is 37.2 Å². The summed E-state index contributed by atoms with van der Waals surface area (Å²) in [6.07, 6.45) is 7.68. The van der Waals surface area contributed by atoms with Gasteiger partial charge in [-0.25, -0.2) is 0 Å². The summed E-state index contributed by atoms with van der Waals surface area (Å²) in [6, 6.07) is 10.2. The van der Waals surface area contributed by atoms with Crippen molar-refractivity contribution < 1.29 is 9.59 Å². The summed E-state index contributed by atoms with van der Waals surface area (Å²) in [7, 11) is 3.83. The second-order valence-electron chi connectivity index (χ2n) is 12.0. The summed E-state index contributed by atoms with van der Waals surface area (Å²) < 4.78 is 0. The van der Waals surface area contributed by atoms with Gasteiger partial charge in [-0.1, -0.05) is 70.4 Å².